The number of likely N-dealkylation sites (tertiary alicyclic amines) is 1. The van der Waals surface area contributed by atoms with Gasteiger partial charge in [-0.1, -0.05) is 18.6 Å². The molecule has 2 aliphatic heterocycles. The lowest BCUT2D eigenvalue weighted by atomic mass is 10.1. The summed E-state index contributed by atoms with van der Waals surface area (Å²) in [6.45, 7) is 3.80. The number of piperidine rings is 1. The summed E-state index contributed by atoms with van der Waals surface area (Å²) in [4.78, 5) is 27.1. The second-order valence-electron chi connectivity index (χ2n) is 6.00. The van der Waals surface area contributed by atoms with Crippen LogP contribution in [0.4, 0.5) is 5.69 Å². The second kappa shape index (κ2) is 8.69. The highest BCUT2D eigenvalue weighted by atomic mass is 35.5. The fraction of sp³-hybridized carbons (Fsp3) is 0.562. The van der Waals surface area contributed by atoms with Crippen molar-refractivity contribution in [3.05, 3.63) is 39.9 Å². The number of carbonyl (C=O) groups excluding carboxylic acids is 1. The van der Waals surface area contributed by atoms with Gasteiger partial charge >= 0.3 is 0 Å². The maximum absolute atomic E-state index is 12.2. The van der Waals surface area contributed by atoms with E-state index in [2.05, 4.69) is 4.90 Å². The predicted molar refractivity (Wildman–Crippen MR) is 97.5 cm³/mol. The minimum Gasteiger partial charge on any atom is -0.325 e. The lowest BCUT2D eigenvalue weighted by molar-refractivity contribution is -0.384. The van der Waals surface area contributed by atoms with Crippen molar-refractivity contribution in [2.45, 2.75) is 24.6 Å². The Labute approximate surface area is 152 Å². The number of nitro benzene ring substituents is 1. The molecule has 24 heavy (non-hydrogen) atoms. The van der Waals surface area contributed by atoms with Gasteiger partial charge in [-0.05, 0) is 31.5 Å². The Morgan fingerprint density at radius 1 is 1.21 bits per heavy atom. The molecular weight excluding hydrogens is 350 g/mol. The Morgan fingerprint density at radius 2 is 1.96 bits per heavy atom. The number of nitrogens with zero attached hydrogens (tertiary/aromatic N) is 3. The van der Waals surface area contributed by atoms with Crippen LogP contribution in [0.15, 0.2) is 24.3 Å². The second-order valence-corrected chi connectivity index (χ2v) is 7.07. The van der Waals surface area contributed by atoms with Gasteiger partial charge in [0.2, 0.25) is 5.91 Å². The summed E-state index contributed by atoms with van der Waals surface area (Å²) < 4.78 is 0. The van der Waals surface area contributed by atoms with Gasteiger partial charge in [-0.25, -0.2) is 0 Å². The van der Waals surface area contributed by atoms with Gasteiger partial charge in [0, 0.05) is 25.2 Å². The van der Waals surface area contributed by atoms with E-state index < -0.39 is 0 Å². The zero-order valence-corrected chi connectivity index (χ0v) is 15.1. The summed E-state index contributed by atoms with van der Waals surface area (Å²) in [6, 6.07) is 6.64. The molecule has 2 saturated heterocycles. The van der Waals surface area contributed by atoms with Crippen LogP contribution in [0.1, 0.15) is 30.2 Å². The number of thioether (sulfide) groups is 1. The summed E-state index contributed by atoms with van der Waals surface area (Å²) in [5, 5.41) is 10.9. The average Bonchev–Trinajstić information content (AvgIpc) is 2.95. The molecule has 132 valence electrons. The molecular formula is C16H22ClN3O3S. The van der Waals surface area contributed by atoms with E-state index in [1.54, 1.807) is 23.9 Å². The Hall–Kier alpha value is -1.31. The Bertz CT molecular complexity index is 596. The molecule has 0 radical (unpaired) electrons. The molecule has 3 rings (SSSR count). The number of halogens is 1. The Morgan fingerprint density at radius 3 is 2.67 bits per heavy atom. The zero-order valence-electron chi connectivity index (χ0n) is 13.4. The van der Waals surface area contributed by atoms with Gasteiger partial charge in [0.05, 0.1) is 10.7 Å². The molecule has 0 aromatic heterocycles. The summed E-state index contributed by atoms with van der Waals surface area (Å²) in [6.07, 6.45) is 3.76. The van der Waals surface area contributed by atoms with Crippen LogP contribution in [0.3, 0.4) is 0 Å². The fourth-order valence-corrected chi connectivity index (χ4v) is 4.40. The molecule has 1 atom stereocenters. The van der Waals surface area contributed by atoms with Gasteiger partial charge in [0.15, 0.2) is 0 Å². The van der Waals surface area contributed by atoms with Crippen molar-refractivity contribution in [2.75, 3.05) is 31.9 Å². The number of hydrogen-bond acceptors (Lipinski definition) is 5. The van der Waals surface area contributed by atoms with Crippen LogP contribution in [0.5, 0.6) is 0 Å². The third-order valence-corrected chi connectivity index (χ3v) is 5.70. The first-order valence-electron chi connectivity index (χ1n) is 8.03. The van der Waals surface area contributed by atoms with E-state index in [9.17, 15) is 14.9 Å². The van der Waals surface area contributed by atoms with Gasteiger partial charge < -0.3 is 9.80 Å². The largest absolute Gasteiger partial charge is 0.325 e. The van der Waals surface area contributed by atoms with E-state index >= 15 is 0 Å². The monoisotopic (exact) mass is 371 g/mol. The van der Waals surface area contributed by atoms with Crippen LogP contribution < -0.4 is 0 Å². The van der Waals surface area contributed by atoms with Gasteiger partial charge in [0.25, 0.3) is 5.69 Å². The first-order valence-corrected chi connectivity index (χ1v) is 9.08. The number of hydrogen-bond donors (Lipinski definition) is 0. The highest BCUT2D eigenvalue weighted by molar-refractivity contribution is 8.00. The Kier molecular flexibility index (Phi) is 6.89. The number of benzene rings is 1. The fourth-order valence-electron chi connectivity index (χ4n) is 3.20. The smallest absolute Gasteiger partial charge is 0.269 e. The maximum Gasteiger partial charge on any atom is 0.269 e. The molecule has 2 heterocycles. The summed E-state index contributed by atoms with van der Waals surface area (Å²) in [7, 11) is 0. The van der Waals surface area contributed by atoms with E-state index in [1.165, 1.54) is 25.3 Å². The molecule has 0 saturated carbocycles. The van der Waals surface area contributed by atoms with Crippen molar-refractivity contribution in [1.29, 1.82) is 0 Å². The van der Waals surface area contributed by atoms with Crippen LogP contribution in [-0.4, -0.2) is 52.6 Å². The molecule has 2 fully saturated rings. The molecule has 0 bridgehead atoms. The van der Waals surface area contributed by atoms with Crippen molar-refractivity contribution >= 4 is 35.8 Å². The molecule has 2 aliphatic rings. The standard InChI is InChI=1S/C16H21N3O3S.ClH/c20-15-12-23-16(13-5-4-6-14(11-13)19(21)22)18(15)10-9-17-7-2-1-3-8-17;/h4-6,11,16H,1-3,7-10,12H2;1H. The Balaban J connectivity index is 0.00000208. The number of non-ortho nitro benzene ring substituents is 1. The zero-order chi connectivity index (χ0) is 16.2. The topological polar surface area (TPSA) is 66.7 Å². The van der Waals surface area contributed by atoms with E-state index in [0.717, 1.165) is 25.2 Å². The van der Waals surface area contributed by atoms with Crippen molar-refractivity contribution < 1.29 is 9.72 Å². The van der Waals surface area contributed by atoms with Crippen LogP contribution in [0.25, 0.3) is 0 Å². The minimum atomic E-state index is -0.386. The molecule has 0 spiro atoms. The van der Waals surface area contributed by atoms with Crippen molar-refractivity contribution in [3.8, 4) is 0 Å². The van der Waals surface area contributed by atoms with Gasteiger partial charge in [-0.3, -0.25) is 14.9 Å². The highest BCUT2D eigenvalue weighted by Crippen LogP contribution is 2.39. The number of rotatable bonds is 5. The molecule has 6 nitrogen and oxygen atoms in total. The van der Waals surface area contributed by atoms with E-state index in [4.69, 9.17) is 0 Å². The van der Waals surface area contributed by atoms with Gasteiger partial charge in [-0.2, -0.15) is 0 Å². The molecule has 8 heteroatoms. The number of amides is 1. The third kappa shape index (κ3) is 4.40. The van der Waals surface area contributed by atoms with Crippen molar-refractivity contribution in [2.24, 2.45) is 0 Å². The summed E-state index contributed by atoms with van der Waals surface area (Å²) >= 11 is 1.55. The van der Waals surface area contributed by atoms with E-state index in [0.29, 0.717) is 12.3 Å². The van der Waals surface area contributed by atoms with E-state index in [-0.39, 0.29) is 34.3 Å². The van der Waals surface area contributed by atoms with Gasteiger partial charge in [-0.15, -0.1) is 24.2 Å². The average molecular weight is 372 g/mol. The normalized spacial score (nSPS) is 21.6. The first kappa shape index (κ1) is 19.0. The quantitative estimate of drug-likeness (QED) is 0.587. The minimum absolute atomic E-state index is 0. The number of carbonyl (C=O) groups is 1. The molecule has 0 N–H and O–H groups in total. The van der Waals surface area contributed by atoms with Crippen LogP contribution in [0.2, 0.25) is 0 Å². The summed E-state index contributed by atoms with van der Waals surface area (Å²) in [5.41, 5.74) is 0.923. The van der Waals surface area contributed by atoms with Crippen LogP contribution in [0, 0.1) is 10.1 Å². The predicted octanol–water partition coefficient (Wildman–Crippen LogP) is 3.08. The number of nitro groups is 1. The summed E-state index contributed by atoms with van der Waals surface area (Å²) in [5.74, 6) is 0.580. The molecule has 1 aromatic carbocycles. The SMILES string of the molecule is Cl.O=C1CSC(c2cccc([N+](=O)[O-])c2)N1CCN1CCCCC1. The van der Waals surface area contributed by atoms with Crippen LogP contribution >= 0.6 is 24.2 Å². The van der Waals surface area contributed by atoms with Crippen molar-refractivity contribution in [1.82, 2.24) is 9.80 Å². The lowest BCUT2D eigenvalue weighted by Crippen LogP contribution is -2.39. The van der Waals surface area contributed by atoms with Crippen LogP contribution in [-0.2, 0) is 4.79 Å². The van der Waals surface area contributed by atoms with Crippen molar-refractivity contribution in [3.63, 3.8) is 0 Å². The van der Waals surface area contributed by atoms with E-state index in [1.807, 2.05) is 11.0 Å². The maximum atomic E-state index is 12.2. The molecule has 0 aliphatic carbocycles. The molecule has 1 aromatic rings. The highest BCUT2D eigenvalue weighted by Gasteiger charge is 2.33. The third-order valence-electron chi connectivity index (χ3n) is 4.44. The van der Waals surface area contributed by atoms with Gasteiger partial charge in [0.1, 0.15) is 5.37 Å². The lowest BCUT2D eigenvalue weighted by Gasteiger charge is -2.30. The first-order chi connectivity index (χ1) is 11.1. The molecule has 1 unspecified atom stereocenters. The molecule has 1 amide bonds.